The normalized spacial score (nSPS) is 14.2. The third kappa shape index (κ3) is 2.98. The number of hydrogen-bond acceptors (Lipinski definition) is 2. The Morgan fingerprint density at radius 2 is 1.68 bits per heavy atom. The highest BCUT2D eigenvalue weighted by Gasteiger charge is 2.23. The Morgan fingerprint density at radius 3 is 2.21 bits per heavy atom. The predicted octanol–water partition coefficient (Wildman–Crippen LogP) is 3.93. The van der Waals surface area contributed by atoms with Crippen LogP contribution in [-0.2, 0) is 0 Å². The predicted molar refractivity (Wildman–Crippen MR) is 73.6 cm³/mol. The topological polar surface area (TPSA) is 38.9 Å². The Bertz CT molecular complexity index is 552. The average Bonchev–Trinajstić information content (AvgIpc) is 2.37. The van der Waals surface area contributed by atoms with Crippen LogP contribution in [-0.4, -0.2) is 4.98 Å². The summed E-state index contributed by atoms with van der Waals surface area (Å²) in [5, 5.41) is 0. The summed E-state index contributed by atoms with van der Waals surface area (Å²) in [6.07, 6.45) is 3.26. The number of nitrogens with zero attached hydrogens (tertiary/aromatic N) is 1. The second-order valence-corrected chi connectivity index (χ2v) is 5.29. The zero-order chi connectivity index (χ0) is 14.0. The van der Waals surface area contributed by atoms with Gasteiger partial charge in [0.2, 0.25) is 0 Å². The van der Waals surface area contributed by atoms with Gasteiger partial charge in [-0.1, -0.05) is 22.9 Å². The second kappa shape index (κ2) is 5.75. The number of nitrogens with two attached hydrogens (primary N) is 1. The van der Waals surface area contributed by atoms with Gasteiger partial charge >= 0.3 is 0 Å². The second-order valence-electron chi connectivity index (χ2n) is 4.38. The van der Waals surface area contributed by atoms with Gasteiger partial charge in [-0.15, -0.1) is 0 Å². The summed E-state index contributed by atoms with van der Waals surface area (Å²) in [6, 6.07) is 5.27. The van der Waals surface area contributed by atoms with Crippen molar-refractivity contribution in [1.29, 1.82) is 0 Å². The zero-order valence-corrected chi connectivity index (χ0v) is 11.9. The smallest absolute Gasteiger partial charge is 0.132 e. The summed E-state index contributed by atoms with van der Waals surface area (Å²) in [4.78, 5) is 3.91. The number of pyridine rings is 1. The van der Waals surface area contributed by atoms with Crippen LogP contribution in [0.25, 0.3) is 0 Å². The van der Waals surface area contributed by atoms with Gasteiger partial charge in [0, 0.05) is 34.4 Å². The Balaban J connectivity index is 2.37. The number of halogens is 3. The summed E-state index contributed by atoms with van der Waals surface area (Å²) in [5.74, 6) is -1.49. The minimum Gasteiger partial charge on any atom is -0.323 e. The molecule has 0 aliphatic heterocycles. The minimum atomic E-state index is -0.754. The molecule has 0 radical (unpaired) electrons. The fraction of sp³-hybridized carbons (Fsp3) is 0.214. The molecule has 1 aromatic heterocycles. The lowest BCUT2D eigenvalue weighted by Gasteiger charge is -2.21. The van der Waals surface area contributed by atoms with Crippen LogP contribution in [0.15, 0.2) is 41.1 Å². The molecule has 5 heteroatoms. The first-order valence-electron chi connectivity index (χ1n) is 5.80. The molecule has 2 unspecified atom stereocenters. The van der Waals surface area contributed by atoms with Crippen LogP contribution < -0.4 is 5.73 Å². The molecule has 1 aromatic carbocycles. The first-order valence-corrected chi connectivity index (χ1v) is 6.60. The maximum atomic E-state index is 13.9. The first kappa shape index (κ1) is 14.1. The quantitative estimate of drug-likeness (QED) is 0.928. The number of aromatic nitrogens is 1. The molecule has 2 N–H and O–H groups in total. The number of hydrogen-bond donors (Lipinski definition) is 1. The van der Waals surface area contributed by atoms with Crippen LogP contribution in [0.3, 0.4) is 0 Å². The van der Waals surface area contributed by atoms with Crippen LogP contribution in [0, 0.1) is 11.6 Å². The standard InChI is InChI=1S/C14H13BrF2N2/c1-8(9-2-4-19-5-3-9)14(18)13-11(16)6-10(15)7-12(13)17/h2-8,14H,18H2,1H3. The fourth-order valence-corrected chi connectivity index (χ4v) is 2.40. The highest BCUT2D eigenvalue weighted by atomic mass is 79.9. The molecule has 0 saturated carbocycles. The molecule has 2 nitrogen and oxygen atoms in total. The van der Waals surface area contributed by atoms with Crippen molar-refractivity contribution < 1.29 is 8.78 Å². The van der Waals surface area contributed by atoms with E-state index in [1.54, 1.807) is 24.5 Å². The third-order valence-electron chi connectivity index (χ3n) is 3.15. The molecule has 0 amide bonds. The van der Waals surface area contributed by atoms with Crippen molar-refractivity contribution >= 4 is 15.9 Å². The van der Waals surface area contributed by atoms with Gasteiger partial charge in [-0.2, -0.15) is 0 Å². The molecule has 0 fully saturated rings. The molecule has 0 saturated heterocycles. The van der Waals surface area contributed by atoms with E-state index in [4.69, 9.17) is 5.73 Å². The van der Waals surface area contributed by atoms with E-state index in [0.717, 1.165) is 5.56 Å². The Labute approximate surface area is 118 Å². The summed E-state index contributed by atoms with van der Waals surface area (Å²) in [7, 11) is 0. The van der Waals surface area contributed by atoms with Gasteiger partial charge in [-0.05, 0) is 29.8 Å². The third-order valence-corrected chi connectivity index (χ3v) is 3.61. The van der Waals surface area contributed by atoms with Crippen LogP contribution in [0.2, 0.25) is 0 Å². The van der Waals surface area contributed by atoms with Crippen LogP contribution in [0.4, 0.5) is 8.78 Å². The Hall–Kier alpha value is -1.33. The molecule has 0 spiro atoms. The molecule has 100 valence electrons. The van der Waals surface area contributed by atoms with Gasteiger partial charge in [0.15, 0.2) is 0 Å². The largest absolute Gasteiger partial charge is 0.323 e. The summed E-state index contributed by atoms with van der Waals surface area (Å²) in [5.41, 5.74) is 6.81. The van der Waals surface area contributed by atoms with Crippen molar-refractivity contribution in [1.82, 2.24) is 4.98 Å². The molecule has 19 heavy (non-hydrogen) atoms. The van der Waals surface area contributed by atoms with Gasteiger partial charge in [0.1, 0.15) is 11.6 Å². The highest BCUT2D eigenvalue weighted by Crippen LogP contribution is 2.32. The fourth-order valence-electron chi connectivity index (χ4n) is 2.00. The highest BCUT2D eigenvalue weighted by molar-refractivity contribution is 9.10. The molecule has 0 aliphatic rings. The van der Waals surface area contributed by atoms with Crippen molar-refractivity contribution in [2.24, 2.45) is 5.73 Å². The average molecular weight is 327 g/mol. The van der Waals surface area contributed by atoms with Gasteiger partial charge in [0.25, 0.3) is 0 Å². The molecule has 0 bridgehead atoms. The van der Waals surface area contributed by atoms with Gasteiger partial charge in [0.05, 0.1) is 0 Å². The molecular weight excluding hydrogens is 314 g/mol. The maximum absolute atomic E-state index is 13.9. The van der Waals surface area contributed by atoms with Crippen LogP contribution in [0.1, 0.15) is 30.0 Å². The molecule has 2 rings (SSSR count). The lowest BCUT2D eigenvalue weighted by molar-refractivity contribution is 0.493. The van der Waals surface area contributed by atoms with Crippen molar-refractivity contribution in [3.05, 3.63) is 63.9 Å². The van der Waals surface area contributed by atoms with E-state index < -0.39 is 17.7 Å². The Kier molecular flexibility index (Phi) is 4.27. The molecule has 2 aromatic rings. The molecule has 0 aliphatic carbocycles. The molecular formula is C14H13BrF2N2. The molecule has 1 heterocycles. The minimum absolute atomic E-state index is 0.0903. The van der Waals surface area contributed by atoms with E-state index in [2.05, 4.69) is 20.9 Å². The number of benzene rings is 1. The maximum Gasteiger partial charge on any atom is 0.132 e. The first-order chi connectivity index (χ1) is 9.00. The van der Waals surface area contributed by atoms with Crippen molar-refractivity contribution in [2.75, 3.05) is 0 Å². The lowest BCUT2D eigenvalue weighted by Crippen LogP contribution is -2.20. The lowest BCUT2D eigenvalue weighted by atomic mass is 9.89. The van der Waals surface area contributed by atoms with E-state index >= 15 is 0 Å². The van der Waals surface area contributed by atoms with Gasteiger partial charge < -0.3 is 5.73 Å². The monoisotopic (exact) mass is 326 g/mol. The van der Waals surface area contributed by atoms with Gasteiger partial charge in [-0.25, -0.2) is 8.78 Å². The summed E-state index contributed by atoms with van der Waals surface area (Å²) in [6.45, 7) is 1.83. The van der Waals surface area contributed by atoms with E-state index in [-0.39, 0.29) is 11.5 Å². The molecule has 2 atom stereocenters. The van der Waals surface area contributed by atoms with Crippen LogP contribution in [0.5, 0.6) is 0 Å². The van der Waals surface area contributed by atoms with E-state index in [0.29, 0.717) is 4.47 Å². The Morgan fingerprint density at radius 1 is 1.16 bits per heavy atom. The van der Waals surface area contributed by atoms with Crippen molar-refractivity contribution in [3.8, 4) is 0 Å². The SMILES string of the molecule is CC(c1ccncc1)C(N)c1c(F)cc(Br)cc1F. The van der Waals surface area contributed by atoms with E-state index in [9.17, 15) is 8.78 Å². The van der Waals surface area contributed by atoms with Crippen LogP contribution >= 0.6 is 15.9 Å². The zero-order valence-electron chi connectivity index (χ0n) is 10.3. The van der Waals surface area contributed by atoms with E-state index in [1.165, 1.54) is 12.1 Å². The number of rotatable bonds is 3. The van der Waals surface area contributed by atoms with E-state index in [1.807, 2.05) is 6.92 Å². The van der Waals surface area contributed by atoms with Crippen molar-refractivity contribution in [3.63, 3.8) is 0 Å². The summed E-state index contributed by atoms with van der Waals surface area (Å²) < 4.78 is 28.1. The van der Waals surface area contributed by atoms with Gasteiger partial charge in [-0.3, -0.25) is 4.98 Å². The van der Waals surface area contributed by atoms with Crippen molar-refractivity contribution in [2.45, 2.75) is 18.9 Å². The summed E-state index contributed by atoms with van der Waals surface area (Å²) >= 11 is 3.05.